The van der Waals surface area contributed by atoms with Crippen LogP contribution in [0.1, 0.15) is 40.0 Å². The fourth-order valence-electron chi connectivity index (χ4n) is 3.66. The Labute approximate surface area is 111 Å². The van der Waals surface area contributed by atoms with Gasteiger partial charge in [0.25, 0.3) is 0 Å². The van der Waals surface area contributed by atoms with E-state index in [1.807, 2.05) is 6.08 Å². The first kappa shape index (κ1) is 13.6. The molecule has 0 amide bonds. The maximum absolute atomic E-state index is 6.22. The number of ether oxygens (including phenoxy) is 1. The third-order valence-electron chi connectivity index (χ3n) is 4.79. The quantitative estimate of drug-likeness (QED) is 0.549. The Morgan fingerprint density at radius 2 is 2.22 bits per heavy atom. The minimum absolute atomic E-state index is 0.0393. The van der Waals surface area contributed by atoms with E-state index in [1.165, 1.54) is 19.3 Å². The number of fused-ring (bicyclic) bond motifs is 1. The van der Waals surface area contributed by atoms with Crippen molar-refractivity contribution in [1.29, 1.82) is 0 Å². The van der Waals surface area contributed by atoms with Crippen molar-refractivity contribution in [3.8, 4) is 12.3 Å². The zero-order chi connectivity index (χ0) is 13.3. The summed E-state index contributed by atoms with van der Waals surface area (Å²) in [6.45, 7) is 11.5. The van der Waals surface area contributed by atoms with Gasteiger partial charge in [-0.15, -0.1) is 6.42 Å². The summed E-state index contributed by atoms with van der Waals surface area (Å²) in [4.78, 5) is 2.27. The van der Waals surface area contributed by atoms with Crippen LogP contribution in [0.4, 0.5) is 0 Å². The summed E-state index contributed by atoms with van der Waals surface area (Å²) in [5.74, 6) is 4.11. The highest BCUT2D eigenvalue weighted by molar-refractivity contribution is 5.06. The second-order valence-electron chi connectivity index (χ2n) is 6.31. The van der Waals surface area contributed by atoms with Crippen molar-refractivity contribution >= 4 is 0 Å². The Bertz CT molecular complexity index is 355. The van der Waals surface area contributed by atoms with Gasteiger partial charge in [-0.2, -0.15) is 0 Å². The highest BCUT2D eigenvalue weighted by Crippen LogP contribution is 2.44. The number of hydrogen-bond donors (Lipinski definition) is 0. The first-order valence-corrected chi connectivity index (χ1v) is 6.99. The molecule has 1 aliphatic heterocycles. The summed E-state index contributed by atoms with van der Waals surface area (Å²) in [7, 11) is 0. The molecule has 2 fully saturated rings. The van der Waals surface area contributed by atoms with E-state index in [2.05, 4.69) is 38.2 Å². The van der Waals surface area contributed by atoms with E-state index in [-0.39, 0.29) is 11.8 Å². The minimum Gasteiger partial charge on any atom is -0.356 e. The normalized spacial score (nSPS) is 39.7. The van der Waals surface area contributed by atoms with Crippen LogP contribution in [0.15, 0.2) is 12.7 Å². The van der Waals surface area contributed by atoms with Crippen molar-refractivity contribution in [2.45, 2.75) is 57.9 Å². The molecule has 0 spiro atoms. The fraction of sp³-hybridized carbons (Fsp3) is 0.750. The average molecular weight is 247 g/mol. The van der Waals surface area contributed by atoms with Crippen LogP contribution in [0.5, 0.6) is 0 Å². The van der Waals surface area contributed by atoms with Crippen molar-refractivity contribution in [1.82, 2.24) is 4.90 Å². The average Bonchev–Trinajstić information content (AvgIpc) is 2.32. The van der Waals surface area contributed by atoms with E-state index >= 15 is 0 Å². The van der Waals surface area contributed by atoms with Gasteiger partial charge in [-0.3, -0.25) is 4.90 Å². The predicted molar refractivity (Wildman–Crippen MR) is 75.0 cm³/mol. The molecule has 2 rings (SSSR count). The first-order chi connectivity index (χ1) is 8.50. The summed E-state index contributed by atoms with van der Waals surface area (Å²) in [5, 5.41) is 0. The molecular formula is C16H25NO. The summed E-state index contributed by atoms with van der Waals surface area (Å²) < 4.78 is 6.22. The van der Waals surface area contributed by atoms with Gasteiger partial charge >= 0.3 is 0 Å². The number of nitrogens with zero attached hydrogens (tertiary/aromatic N) is 1. The second-order valence-corrected chi connectivity index (χ2v) is 6.31. The predicted octanol–water partition coefficient (Wildman–Crippen LogP) is 3.05. The third-order valence-corrected chi connectivity index (χ3v) is 4.79. The lowest BCUT2D eigenvalue weighted by atomic mass is 9.70. The van der Waals surface area contributed by atoms with Gasteiger partial charge in [0.1, 0.15) is 6.23 Å². The van der Waals surface area contributed by atoms with Crippen LogP contribution in [-0.4, -0.2) is 29.3 Å². The number of hydrogen-bond acceptors (Lipinski definition) is 2. The van der Waals surface area contributed by atoms with Gasteiger partial charge < -0.3 is 4.74 Å². The molecule has 18 heavy (non-hydrogen) atoms. The standard InChI is InChI=1S/C16H25NO/c1-6-10-17-15(7-2)18-14-11-12(3)8-9-13(14)16(17,4)5/h1,7,12-15H,2,8-11H2,3-5H3/t12-,13-,14-,15+/m1/s1. The summed E-state index contributed by atoms with van der Waals surface area (Å²) >= 11 is 0. The van der Waals surface area contributed by atoms with Crippen LogP contribution in [0.2, 0.25) is 0 Å². The molecule has 1 aliphatic carbocycles. The molecule has 4 atom stereocenters. The molecule has 0 aromatic heterocycles. The van der Waals surface area contributed by atoms with Gasteiger partial charge in [-0.1, -0.05) is 25.8 Å². The molecule has 1 saturated carbocycles. The van der Waals surface area contributed by atoms with Crippen molar-refractivity contribution in [2.75, 3.05) is 6.54 Å². The van der Waals surface area contributed by atoms with E-state index in [0.29, 0.717) is 18.6 Å². The smallest absolute Gasteiger partial charge is 0.131 e. The van der Waals surface area contributed by atoms with E-state index in [4.69, 9.17) is 11.2 Å². The van der Waals surface area contributed by atoms with Gasteiger partial charge in [0, 0.05) is 11.5 Å². The lowest BCUT2D eigenvalue weighted by molar-refractivity contribution is -0.211. The summed E-state index contributed by atoms with van der Waals surface area (Å²) in [6.07, 6.45) is 11.4. The van der Waals surface area contributed by atoms with Crippen LogP contribution in [0.25, 0.3) is 0 Å². The van der Waals surface area contributed by atoms with Gasteiger partial charge in [0.2, 0.25) is 0 Å². The van der Waals surface area contributed by atoms with Crippen molar-refractivity contribution in [3.63, 3.8) is 0 Å². The Balaban J connectivity index is 2.25. The maximum Gasteiger partial charge on any atom is 0.131 e. The summed E-state index contributed by atoms with van der Waals surface area (Å²) in [5.41, 5.74) is 0.0916. The van der Waals surface area contributed by atoms with Gasteiger partial charge in [0.15, 0.2) is 0 Å². The van der Waals surface area contributed by atoms with Gasteiger partial charge in [0.05, 0.1) is 12.6 Å². The molecule has 2 aliphatic rings. The number of rotatable bonds is 2. The van der Waals surface area contributed by atoms with Gasteiger partial charge in [-0.05, 0) is 38.7 Å². The zero-order valence-electron chi connectivity index (χ0n) is 11.9. The van der Waals surface area contributed by atoms with Gasteiger partial charge in [-0.25, -0.2) is 0 Å². The molecule has 0 radical (unpaired) electrons. The Hall–Kier alpha value is -0.780. The Morgan fingerprint density at radius 1 is 1.50 bits per heavy atom. The Kier molecular flexibility index (Phi) is 3.84. The lowest BCUT2D eigenvalue weighted by Gasteiger charge is -2.56. The first-order valence-electron chi connectivity index (χ1n) is 6.99. The Morgan fingerprint density at radius 3 is 2.83 bits per heavy atom. The number of terminal acetylenes is 1. The second kappa shape index (κ2) is 5.07. The molecule has 0 aromatic rings. The highest BCUT2D eigenvalue weighted by Gasteiger charge is 2.49. The molecule has 0 unspecified atom stereocenters. The van der Waals surface area contributed by atoms with E-state index < -0.39 is 0 Å². The van der Waals surface area contributed by atoms with E-state index in [0.717, 1.165) is 5.92 Å². The van der Waals surface area contributed by atoms with Crippen LogP contribution >= 0.6 is 0 Å². The van der Waals surface area contributed by atoms with E-state index in [1.54, 1.807) is 0 Å². The SMILES string of the molecule is C#CCN1[C@H](C=C)O[C@@H]2C[C@H](C)CC[C@H]2C1(C)C. The fourth-order valence-corrected chi connectivity index (χ4v) is 3.66. The van der Waals surface area contributed by atoms with Crippen LogP contribution < -0.4 is 0 Å². The molecule has 0 N–H and O–H groups in total. The van der Waals surface area contributed by atoms with Crippen LogP contribution in [0, 0.1) is 24.2 Å². The van der Waals surface area contributed by atoms with Crippen molar-refractivity contribution in [2.24, 2.45) is 11.8 Å². The monoisotopic (exact) mass is 247 g/mol. The molecule has 1 heterocycles. The maximum atomic E-state index is 6.22. The topological polar surface area (TPSA) is 12.5 Å². The molecular weight excluding hydrogens is 222 g/mol. The van der Waals surface area contributed by atoms with E-state index in [9.17, 15) is 0 Å². The highest BCUT2D eigenvalue weighted by atomic mass is 16.5. The minimum atomic E-state index is -0.0393. The molecule has 2 heteroatoms. The van der Waals surface area contributed by atoms with Crippen molar-refractivity contribution in [3.05, 3.63) is 12.7 Å². The van der Waals surface area contributed by atoms with Crippen LogP contribution in [-0.2, 0) is 4.74 Å². The van der Waals surface area contributed by atoms with Crippen molar-refractivity contribution < 1.29 is 4.74 Å². The molecule has 0 aromatic carbocycles. The molecule has 100 valence electrons. The molecule has 1 saturated heterocycles. The third kappa shape index (κ3) is 2.22. The molecule has 0 bridgehead atoms. The summed E-state index contributed by atoms with van der Waals surface area (Å²) in [6, 6.07) is 0. The van der Waals surface area contributed by atoms with Crippen LogP contribution in [0.3, 0.4) is 0 Å². The largest absolute Gasteiger partial charge is 0.356 e. The molecule has 2 nitrogen and oxygen atoms in total. The lowest BCUT2D eigenvalue weighted by Crippen LogP contribution is -2.64. The zero-order valence-corrected chi connectivity index (χ0v) is 11.9.